The fourth-order valence-corrected chi connectivity index (χ4v) is 10.3. The van der Waals surface area contributed by atoms with Gasteiger partial charge in [0.1, 0.15) is 11.1 Å². The summed E-state index contributed by atoms with van der Waals surface area (Å²) in [6.45, 7) is 18.3. The molecule has 0 aliphatic rings. The minimum atomic E-state index is -1.27. The van der Waals surface area contributed by atoms with E-state index < -0.39 is 8.07 Å². The number of rotatable bonds is 7. The third-order valence-electron chi connectivity index (χ3n) is 11.6. The summed E-state index contributed by atoms with van der Waals surface area (Å²) in [5.41, 5.74) is 13.7. The second kappa shape index (κ2) is 17.4. The van der Waals surface area contributed by atoms with Crippen LogP contribution in [0, 0.1) is 19.1 Å². The molecule has 4 heterocycles. The van der Waals surface area contributed by atoms with Crippen molar-refractivity contribution >= 4 is 57.1 Å². The summed E-state index contributed by atoms with van der Waals surface area (Å²) in [6, 6.07) is 52.9. The van der Waals surface area contributed by atoms with Crippen molar-refractivity contribution in [2.75, 3.05) is 0 Å². The summed E-state index contributed by atoms with van der Waals surface area (Å²) in [4.78, 5) is 15.1. The molecule has 0 spiro atoms. The first-order chi connectivity index (χ1) is 29.5. The molecule has 0 amide bonds. The van der Waals surface area contributed by atoms with E-state index in [0.717, 1.165) is 72.2 Å². The molecular weight excluding hydrogens is 953 g/mol. The zero-order valence-electron chi connectivity index (χ0n) is 36.5. The number of benzene rings is 6. The summed E-state index contributed by atoms with van der Waals surface area (Å²) in [6.07, 6.45) is 4.02. The summed E-state index contributed by atoms with van der Waals surface area (Å²) in [7, 11) is -1.27. The normalized spacial score (nSPS) is 11.7. The molecule has 62 heavy (non-hydrogen) atoms. The van der Waals surface area contributed by atoms with Gasteiger partial charge in [-0.2, -0.15) is 0 Å². The third-order valence-corrected chi connectivity index (χ3v) is 13.7. The van der Waals surface area contributed by atoms with Gasteiger partial charge in [0.2, 0.25) is 0 Å². The largest absolute Gasteiger partial charge is 0.501 e. The van der Waals surface area contributed by atoms with Crippen LogP contribution in [0.1, 0.15) is 56.2 Å². The number of para-hydroxylation sites is 1. The SMILES string of the molecule is CC(C)c1cc(-c2ccccc2)cc(C(C)C)c1-n1c(-c2[c-]ccc3c2oc2ccccc23)nc2c3ccccc3cnc21.Cc1cc(-c2[c-]cccc2)ncc1[Si](C)(C)C.[Ir]. The second-order valence-corrected chi connectivity index (χ2v) is 22.6. The summed E-state index contributed by atoms with van der Waals surface area (Å²) in [5, 5.41) is 5.72. The molecule has 0 atom stereocenters. The number of aryl methyl sites for hydroxylation is 1. The monoisotopic (exact) mass is 1000 g/mol. The molecule has 10 rings (SSSR count). The molecule has 311 valence electrons. The zero-order valence-corrected chi connectivity index (χ0v) is 39.9. The van der Waals surface area contributed by atoms with Crippen molar-refractivity contribution in [2.45, 2.75) is 66.1 Å². The Morgan fingerprint density at radius 3 is 2.00 bits per heavy atom. The zero-order chi connectivity index (χ0) is 42.4. The molecule has 0 aliphatic carbocycles. The van der Waals surface area contributed by atoms with E-state index in [1.165, 1.54) is 33.0 Å². The number of hydrogen-bond donors (Lipinski definition) is 0. The smallest absolute Gasteiger partial charge is 0.156 e. The second-order valence-electron chi connectivity index (χ2n) is 17.6. The van der Waals surface area contributed by atoms with Crippen LogP contribution in [-0.2, 0) is 20.1 Å². The van der Waals surface area contributed by atoms with Gasteiger partial charge in [0.05, 0.1) is 19.5 Å². The van der Waals surface area contributed by atoms with Crippen molar-refractivity contribution in [3.05, 3.63) is 175 Å². The quantitative estimate of drug-likeness (QED) is 0.118. The Bertz CT molecular complexity index is 3170. The Hall–Kier alpha value is -5.98. The maximum atomic E-state index is 6.54. The summed E-state index contributed by atoms with van der Waals surface area (Å²) >= 11 is 0. The maximum Gasteiger partial charge on any atom is 0.156 e. The fourth-order valence-electron chi connectivity index (χ4n) is 8.56. The van der Waals surface area contributed by atoms with Gasteiger partial charge in [-0.15, -0.1) is 54.1 Å². The van der Waals surface area contributed by atoms with E-state index in [1.54, 1.807) is 0 Å². The topological polar surface area (TPSA) is 56.7 Å². The summed E-state index contributed by atoms with van der Waals surface area (Å²) < 4.78 is 8.82. The van der Waals surface area contributed by atoms with E-state index in [0.29, 0.717) is 0 Å². The van der Waals surface area contributed by atoms with Crippen LogP contribution in [0.2, 0.25) is 19.6 Å². The molecule has 0 fully saturated rings. The van der Waals surface area contributed by atoms with E-state index in [1.807, 2.05) is 48.7 Å². The van der Waals surface area contributed by atoms with Gasteiger partial charge in [0.25, 0.3) is 0 Å². The van der Waals surface area contributed by atoms with Gasteiger partial charge in [0.15, 0.2) is 5.65 Å². The van der Waals surface area contributed by atoms with Gasteiger partial charge in [0, 0.05) is 54.3 Å². The van der Waals surface area contributed by atoms with Gasteiger partial charge in [-0.3, -0.25) is 4.98 Å². The van der Waals surface area contributed by atoms with Crippen LogP contribution >= 0.6 is 0 Å². The van der Waals surface area contributed by atoms with Crippen LogP contribution in [0.5, 0.6) is 0 Å². The van der Waals surface area contributed by atoms with Crippen molar-refractivity contribution in [3.8, 4) is 39.5 Å². The van der Waals surface area contributed by atoms with Gasteiger partial charge in [-0.05, 0) is 70.1 Å². The number of pyridine rings is 2. The molecule has 6 aromatic carbocycles. The van der Waals surface area contributed by atoms with E-state index in [2.05, 4.69) is 173 Å². The van der Waals surface area contributed by atoms with Crippen molar-refractivity contribution in [1.29, 1.82) is 0 Å². The Morgan fingerprint density at radius 2 is 1.32 bits per heavy atom. The number of fused-ring (bicyclic) bond motifs is 6. The average Bonchev–Trinajstić information content (AvgIpc) is 3.85. The van der Waals surface area contributed by atoms with Crippen molar-refractivity contribution in [1.82, 2.24) is 19.5 Å². The van der Waals surface area contributed by atoms with E-state index >= 15 is 0 Å². The van der Waals surface area contributed by atoms with Crippen LogP contribution in [0.15, 0.2) is 150 Å². The van der Waals surface area contributed by atoms with E-state index in [-0.39, 0.29) is 31.9 Å². The maximum absolute atomic E-state index is 6.54. The molecule has 5 nitrogen and oxygen atoms in total. The Balaban J connectivity index is 0.000000248. The van der Waals surface area contributed by atoms with Crippen molar-refractivity contribution in [2.24, 2.45) is 0 Å². The van der Waals surface area contributed by atoms with Gasteiger partial charge >= 0.3 is 0 Å². The van der Waals surface area contributed by atoms with Crippen LogP contribution < -0.4 is 5.19 Å². The predicted molar refractivity (Wildman–Crippen MR) is 258 cm³/mol. The number of aromatic nitrogens is 4. The molecule has 0 aliphatic heterocycles. The Morgan fingerprint density at radius 1 is 0.645 bits per heavy atom. The Labute approximate surface area is 379 Å². The van der Waals surface area contributed by atoms with Crippen LogP contribution in [-0.4, -0.2) is 27.6 Å². The predicted octanol–water partition coefficient (Wildman–Crippen LogP) is 14.3. The van der Waals surface area contributed by atoms with Gasteiger partial charge in [-0.1, -0.05) is 143 Å². The molecule has 0 unspecified atom stereocenters. The van der Waals surface area contributed by atoms with Crippen LogP contribution in [0.4, 0.5) is 0 Å². The van der Waals surface area contributed by atoms with Gasteiger partial charge < -0.3 is 14.0 Å². The number of hydrogen-bond acceptors (Lipinski definition) is 4. The van der Waals surface area contributed by atoms with Crippen LogP contribution in [0.25, 0.3) is 83.3 Å². The van der Waals surface area contributed by atoms with Gasteiger partial charge in [-0.25, -0.2) is 4.98 Å². The first kappa shape index (κ1) is 42.7. The standard InChI is InChI=1S/C40H32N3O.C15H18NSi.Ir/c1-24(2)33-21-28(26-13-6-5-7-14-26)22-34(25(3)4)37(33)43-39(42-36-29-16-9-8-15-27(29)23-41-40(36)43)32-19-12-18-31-30-17-10-11-20-35(30)44-38(31)32;1-12-10-14(13-8-6-5-7-9-13)16-11-15(12)17(2,3)4;/h5-18,20-25H,1-4H3;5-8,10-11H,1-4H3;/q2*-1;. The molecule has 7 heteroatoms. The van der Waals surface area contributed by atoms with Crippen molar-refractivity contribution in [3.63, 3.8) is 0 Å². The average molecular weight is 1000 g/mol. The summed E-state index contributed by atoms with van der Waals surface area (Å²) in [5.74, 6) is 1.29. The molecular formula is C55H50IrN4OSi-2. The third kappa shape index (κ3) is 7.97. The molecule has 10 aromatic rings. The molecule has 1 radical (unpaired) electrons. The first-order valence-corrected chi connectivity index (χ1v) is 24.7. The number of nitrogens with zero attached hydrogens (tertiary/aromatic N) is 4. The first-order valence-electron chi connectivity index (χ1n) is 21.2. The molecule has 0 N–H and O–H groups in total. The molecule has 0 bridgehead atoms. The van der Waals surface area contributed by atoms with Crippen molar-refractivity contribution < 1.29 is 24.5 Å². The molecule has 0 saturated carbocycles. The molecule has 0 saturated heterocycles. The fraction of sp³-hybridized carbons (Fsp3) is 0.182. The van der Waals surface area contributed by atoms with Crippen LogP contribution in [0.3, 0.4) is 0 Å². The van der Waals surface area contributed by atoms with E-state index in [4.69, 9.17) is 14.4 Å². The minimum Gasteiger partial charge on any atom is -0.501 e. The number of furan rings is 1. The van der Waals surface area contributed by atoms with E-state index in [9.17, 15) is 0 Å². The number of imidazole rings is 1. The molecule has 4 aromatic heterocycles. The Kier molecular flexibility index (Phi) is 12.0. The minimum absolute atomic E-state index is 0.